The SMILES string of the molecule is COCCOc1ccc(CNC(=O)c2ccc([N+](=O)[O-])o2)cc1. The van der Waals surface area contributed by atoms with E-state index in [0.29, 0.717) is 19.0 Å². The van der Waals surface area contributed by atoms with Gasteiger partial charge in [0.25, 0.3) is 5.91 Å². The van der Waals surface area contributed by atoms with Gasteiger partial charge in [-0.3, -0.25) is 14.9 Å². The molecule has 0 atom stereocenters. The van der Waals surface area contributed by atoms with Crippen LogP contribution >= 0.6 is 0 Å². The Labute approximate surface area is 132 Å². The average Bonchev–Trinajstić information content (AvgIpc) is 3.04. The molecular formula is C15H16N2O6. The number of nitro groups is 1. The molecule has 0 aliphatic carbocycles. The second-order valence-electron chi connectivity index (χ2n) is 4.56. The number of hydrogen-bond acceptors (Lipinski definition) is 6. The highest BCUT2D eigenvalue weighted by atomic mass is 16.6. The van der Waals surface area contributed by atoms with Crippen molar-refractivity contribution in [1.29, 1.82) is 0 Å². The lowest BCUT2D eigenvalue weighted by atomic mass is 10.2. The molecule has 1 N–H and O–H groups in total. The summed E-state index contributed by atoms with van der Waals surface area (Å²) in [6.45, 7) is 1.24. The molecule has 1 heterocycles. The molecule has 2 aromatic rings. The summed E-state index contributed by atoms with van der Waals surface area (Å²) < 4.78 is 15.1. The molecule has 0 fully saturated rings. The van der Waals surface area contributed by atoms with E-state index in [1.165, 1.54) is 6.07 Å². The Bertz CT molecular complexity index is 665. The summed E-state index contributed by atoms with van der Waals surface area (Å²) in [6, 6.07) is 9.60. The van der Waals surface area contributed by atoms with Gasteiger partial charge < -0.3 is 19.2 Å². The Morgan fingerprint density at radius 3 is 2.57 bits per heavy atom. The van der Waals surface area contributed by atoms with Gasteiger partial charge in [0.1, 0.15) is 17.3 Å². The van der Waals surface area contributed by atoms with E-state index in [0.717, 1.165) is 11.6 Å². The molecule has 0 aliphatic rings. The van der Waals surface area contributed by atoms with Gasteiger partial charge in [0.05, 0.1) is 12.7 Å². The van der Waals surface area contributed by atoms with Crippen molar-refractivity contribution in [2.24, 2.45) is 0 Å². The van der Waals surface area contributed by atoms with E-state index in [-0.39, 0.29) is 12.3 Å². The summed E-state index contributed by atoms with van der Waals surface area (Å²) in [5, 5.41) is 13.1. The van der Waals surface area contributed by atoms with Gasteiger partial charge in [-0.2, -0.15) is 0 Å². The first kappa shape index (κ1) is 16.5. The number of methoxy groups -OCH3 is 1. The minimum atomic E-state index is -0.695. The van der Waals surface area contributed by atoms with E-state index in [1.54, 1.807) is 19.2 Å². The topological polar surface area (TPSA) is 104 Å². The van der Waals surface area contributed by atoms with Crippen LogP contribution in [0.15, 0.2) is 40.8 Å². The first-order valence-electron chi connectivity index (χ1n) is 6.83. The number of ether oxygens (including phenoxy) is 2. The Balaban J connectivity index is 1.84. The van der Waals surface area contributed by atoms with Crippen LogP contribution in [0.25, 0.3) is 0 Å². The number of benzene rings is 1. The summed E-state index contributed by atoms with van der Waals surface area (Å²) in [5.74, 6) is -0.374. The highest BCUT2D eigenvalue weighted by Gasteiger charge is 2.16. The summed E-state index contributed by atoms with van der Waals surface area (Å²) in [7, 11) is 1.60. The van der Waals surface area contributed by atoms with Crippen molar-refractivity contribution < 1.29 is 23.6 Å². The van der Waals surface area contributed by atoms with Crippen molar-refractivity contribution in [1.82, 2.24) is 5.32 Å². The molecule has 0 saturated heterocycles. The first-order chi connectivity index (χ1) is 11.1. The van der Waals surface area contributed by atoms with Gasteiger partial charge in [-0.05, 0) is 23.8 Å². The number of amides is 1. The standard InChI is InChI=1S/C15H16N2O6/c1-21-8-9-22-12-4-2-11(3-5-12)10-16-15(18)13-6-7-14(23-13)17(19)20/h2-7H,8-10H2,1H3,(H,16,18). The van der Waals surface area contributed by atoms with E-state index in [4.69, 9.17) is 13.9 Å². The number of carbonyl (C=O) groups is 1. The van der Waals surface area contributed by atoms with Gasteiger partial charge in [-0.1, -0.05) is 12.1 Å². The summed E-state index contributed by atoms with van der Waals surface area (Å²) in [5.41, 5.74) is 0.860. The van der Waals surface area contributed by atoms with Gasteiger partial charge in [-0.15, -0.1) is 0 Å². The fourth-order valence-corrected chi connectivity index (χ4v) is 1.76. The van der Waals surface area contributed by atoms with E-state index >= 15 is 0 Å². The zero-order valence-electron chi connectivity index (χ0n) is 12.5. The maximum atomic E-state index is 11.8. The van der Waals surface area contributed by atoms with Crippen LogP contribution in [0.3, 0.4) is 0 Å². The van der Waals surface area contributed by atoms with Crippen LogP contribution in [0, 0.1) is 10.1 Å². The van der Waals surface area contributed by atoms with Crippen LogP contribution in [-0.2, 0) is 11.3 Å². The molecular weight excluding hydrogens is 304 g/mol. The maximum Gasteiger partial charge on any atom is 0.433 e. The van der Waals surface area contributed by atoms with Crippen LogP contribution in [-0.4, -0.2) is 31.2 Å². The molecule has 1 aromatic heterocycles. The molecule has 0 saturated carbocycles. The van der Waals surface area contributed by atoms with Crippen molar-refractivity contribution in [3.8, 4) is 5.75 Å². The number of nitrogens with one attached hydrogen (secondary N) is 1. The van der Waals surface area contributed by atoms with Crippen molar-refractivity contribution >= 4 is 11.8 Å². The van der Waals surface area contributed by atoms with E-state index in [2.05, 4.69) is 5.32 Å². The van der Waals surface area contributed by atoms with Crippen LogP contribution < -0.4 is 10.1 Å². The molecule has 0 aliphatic heterocycles. The van der Waals surface area contributed by atoms with Gasteiger partial charge in [0.2, 0.25) is 0 Å². The molecule has 1 amide bonds. The second-order valence-corrected chi connectivity index (χ2v) is 4.56. The number of furan rings is 1. The molecule has 0 unspecified atom stereocenters. The molecule has 2 rings (SSSR count). The van der Waals surface area contributed by atoms with E-state index in [9.17, 15) is 14.9 Å². The summed E-state index contributed by atoms with van der Waals surface area (Å²) in [4.78, 5) is 21.6. The molecule has 122 valence electrons. The molecule has 0 spiro atoms. The molecule has 0 radical (unpaired) electrons. The van der Waals surface area contributed by atoms with Crippen LogP contribution in [0.4, 0.5) is 5.88 Å². The highest BCUT2D eigenvalue weighted by Crippen LogP contribution is 2.16. The predicted octanol–water partition coefficient (Wildman–Crippen LogP) is 2.14. The lowest BCUT2D eigenvalue weighted by molar-refractivity contribution is -0.402. The lowest BCUT2D eigenvalue weighted by Gasteiger charge is -2.07. The normalized spacial score (nSPS) is 10.3. The van der Waals surface area contributed by atoms with Crippen molar-refractivity contribution in [2.75, 3.05) is 20.3 Å². The van der Waals surface area contributed by atoms with Crippen LogP contribution in [0.5, 0.6) is 5.75 Å². The van der Waals surface area contributed by atoms with Crippen molar-refractivity contribution in [2.45, 2.75) is 6.54 Å². The van der Waals surface area contributed by atoms with Gasteiger partial charge in [0, 0.05) is 13.7 Å². The zero-order chi connectivity index (χ0) is 16.7. The molecule has 8 heteroatoms. The first-order valence-corrected chi connectivity index (χ1v) is 6.83. The molecule has 23 heavy (non-hydrogen) atoms. The van der Waals surface area contributed by atoms with Crippen molar-refractivity contribution in [3.63, 3.8) is 0 Å². The van der Waals surface area contributed by atoms with Gasteiger partial charge >= 0.3 is 5.88 Å². The molecule has 0 bridgehead atoms. The number of rotatable bonds is 8. The maximum absolute atomic E-state index is 11.8. The summed E-state index contributed by atoms with van der Waals surface area (Å²) >= 11 is 0. The largest absolute Gasteiger partial charge is 0.491 e. The Morgan fingerprint density at radius 2 is 1.96 bits per heavy atom. The lowest BCUT2D eigenvalue weighted by Crippen LogP contribution is -2.22. The third-order valence-corrected chi connectivity index (χ3v) is 2.93. The summed E-state index contributed by atoms with van der Waals surface area (Å²) in [6.07, 6.45) is 0. The predicted molar refractivity (Wildman–Crippen MR) is 80.3 cm³/mol. The number of hydrogen-bond donors (Lipinski definition) is 1. The van der Waals surface area contributed by atoms with Crippen LogP contribution in [0.1, 0.15) is 16.1 Å². The average molecular weight is 320 g/mol. The minimum Gasteiger partial charge on any atom is -0.491 e. The Morgan fingerprint density at radius 1 is 1.22 bits per heavy atom. The van der Waals surface area contributed by atoms with E-state index < -0.39 is 16.7 Å². The van der Waals surface area contributed by atoms with E-state index in [1.807, 2.05) is 12.1 Å². The minimum absolute atomic E-state index is 0.101. The fraction of sp³-hybridized carbons (Fsp3) is 0.267. The van der Waals surface area contributed by atoms with Gasteiger partial charge in [0.15, 0.2) is 5.76 Å². The Hall–Kier alpha value is -2.87. The zero-order valence-corrected chi connectivity index (χ0v) is 12.5. The van der Waals surface area contributed by atoms with Gasteiger partial charge in [-0.25, -0.2) is 0 Å². The quantitative estimate of drug-likeness (QED) is 0.454. The van der Waals surface area contributed by atoms with Crippen LogP contribution in [0.2, 0.25) is 0 Å². The second kappa shape index (κ2) is 7.95. The molecule has 8 nitrogen and oxygen atoms in total. The third-order valence-electron chi connectivity index (χ3n) is 2.93. The molecule has 1 aromatic carbocycles. The third kappa shape index (κ3) is 4.82. The number of carbonyl (C=O) groups excluding carboxylic acids is 1. The monoisotopic (exact) mass is 320 g/mol. The number of nitrogens with zero attached hydrogens (tertiary/aromatic N) is 1. The Kier molecular flexibility index (Phi) is 5.70. The highest BCUT2D eigenvalue weighted by molar-refractivity contribution is 5.91. The smallest absolute Gasteiger partial charge is 0.433 e. The van der Waals surface area contributed by atoms with Crippen molar-refractivity contribution in [3.05, 3.63) is 57.8 Å². The fourth-order valence-electron chi connectivity index (χ4n) is 1.76.